The zero-order valence-electron chi connectivity index (χ0n) is 8.76. The Morgan fingerprint density at radius 3 is 2.69 bits per heavy atom. The first-order valence-electron chi connectivity index (χ1n) is 4.44. The first-order chi connectivity index (χ1) is 7.31. The van der Waals surface area contributed by atoms with E-state index in [1.807, 2.05) is 0 Å². The quantitative estimate of drug-likeness (QED) is 0.611. The standard InChI is InChI=1S/C10H10ClF2NO2/c1-10(12,13)5-7-3-6(9(15)16-2)4-8(11)14-7/h3-4H,5H2,1-2H3. The lowest BCUT2D eigenvalue weighted by atomic mass is 10.1. The summed E-state index contributed by atoms with van der Waals surface area (Å²) in [7, 11) is 1.20. The Morgan fingerprint density at radius 2 is 2.19 bits per heavy atom. The maximum atomic E-state index is 12.8. The molecule has 1 rings (SSSR count). The number of hydrogen-bond donors (Lipinski definition) is 0. The van der Waals surface area contributed by atoms with Crippen LogP contribution in [0.5, 0.6) is 0 Å². The monoisotopic (exact) mass is 249 g/mol. The molecule has 0 aliphatic heterocycles. The number of ether oxygens (including phenoxy) is 1. The van der Waals surface area contributed by atoms with Gasteiger partial charge in [0.25, 0.3) is 5.92 Å². The highest BCUT2D eigenvalue weighted by molar-refractivity contribution is 6.29. The maximum absolute atomic E-state index is 12.8. The van der Waals surface area contributed by atoms with Crippen molar-refractivity contribution < 1.29 is 18.3 Å². The molecular formula is C10H10ClF2NO2. The van der Waals surface area contributed by atoms with Gasteiger partial charge in [-0.05, 0) is 19.1 Å². The molecule has 0 aromatic carbocycles. The molecule has 88 valence electrons. The number of esters is 1. The number of rotatable bonds is 3. The predicted molar refractivity (Wildman–Crippen MR) is 54.9 cm³/mol. The number of alkyl halides is 2. The van der Waals surface area contributed by atoms with Crippen molar-refractivity contribution in [2.24, 2.45) is 0 Å². The van der Waals surface area contributed by atoms with Gasteiger partial charge in [0.05, 0.1) is 19.1 Å². The Bertz CT molecular complexity index is 404. The van der Waals surface area contributed by atoms with Gasteiger partial charge in [0.15, 0.2) is 0 Å². The summed E-state index contributed by atoms with van der Waals surface area (Å²) in [6.45, 7) is 0.771. The van der Waals surface area contributed by atoms with E-state index in [0.29, 0.717) is 0 Å². The van der Waals surface area contributed by atoms with Gasteiger partial charge in [0.1, 0.15) is 5.15 Å². The van der Waals surface area contributed by atoms with Gasteiger partial charge in [-0.2, -0.15) is 0 Å². The fourth-order valence-corrected chi connectivity index (χ4v) is 1.42. The summed E-state index contributed by atoms with van der Waals surface area (Å²) in [6, 6.07) is 2.51. The SMILES string of the molecule is COC(=O)c1cc(Cl)nc(CC(C)(F)F)c1. The molecule has 0 aliphatic rings. The molecular weight excluding hydrogens is 240 g/mol. The minimum Gasteiger partial charge on any atom is -0.465 e. The van der Waals surface area contributed by atoms with E-state index in [0.717, 1.165) is 6.92 Å². The zero-order chi connectivity index (χ0) is 12.3. The number of hydrogen-bond acceptors (Lipinski definition) is 3. The Labute approximate surface area is 96.4 Å². The second kappa shape index (κ2) is 4.74. The highest BCUT2D eigenvalue weighted by Gasteiger charge is 2.23. The van der Waals surface area contributed by atoms with Crippen molar-refractivity contribution in [1.82, 2.24) is 4.98 Å². The molecule has 0 saturated carbocycles. The van der Waals surface area contributed by atoms with E-state index in [-0.39, 0.29) is 16.4 Å². The summed E-state index contributed by atoms with van der Waals surface area (Å²) in [4.78, 5) is 14.9. The van der Waals surface area contributed by atoms with Gasteiger partial charge in [0.2, 0.25) is 0 Å². The van der Waals surface area contributed by atoms with E-state index in [4.69, 9.17) is 11.6 Å². The molecule has 0 N–H and O–H groups in total. The van der Waals surface area contributed by atoms with Gasteiger partial charge in [-0.3, -0.25) is 0 Å². The van der Waals surface area contributed by atoms with Crippen molar-refractivity contribution in [3.05, 3.63) is 28.5 Å². The van der Waals surface area contributed by atoms with E-state index in [1.165, 1.54) is 19.2 Å². The fraction of sp³-hybridized carbons (Fsp3) is 0.400. The molecule has 6 heteroatoms. The van der Waals surface area contributed by atoms with Gasteiger partial charge < -0.3 is 4.74 Å². The molecule has 0 radical (unpaired) electrons. The molecule has 0 saturated heterocycles. The lowest BCUT2D eigenvalue weighted by Gasteiger charge is -2.10. The van der Waals surface area contributed by atoms with Gasteiger partial charge in [-0.25, -0.2) is 18.6 Å². The second-order valence-corrected chi connectivity index (χ2v) is 3.80. The number of halogens is 3. The first-order valence-corrected chi connectivity index (χ1v) is 4.82. The van der Waals surface area contributed by atoms with Crippen molar-refractivity contribution in [2.45, 2.75) is 19.3 Å². The molecule has 3 nitrogen and oxygen atoms in total. The third-order valence-corrected chi connectivity index (χ3v) is 1.95. The van der Waals surface area contributed by atoms with Crippen LogP contribution in [0.2, 0.25) is 5.15 Å². The van der Waals surface area contributed by atoms with E-state index >= 15 is 0 Å². The van der Waals surface area contributed by atoms with Crippen molar-refractivity contribution in [2.75, 3.05) is 7.11 Å². The van der Waals surface area contributed by atoms with Crippen LogP contribution in [-0.4, -0.2) is 24.0 Å². The number of carbonyl (C=O) groups is 1. The normalized spacial score (nSPS) is 11.3. The van der Waals surface area contributed by atoms with Crippen LogP contribution in [0.25, 0.3) is 0 Å². The Hall–Kier alpha value is -1.23. The Kier molecular flexibility index (Phi) is 3.80. The van der Waals surface area contributed by atoms with Crippen molar-refractivity contribution in [3.63, 3.8) is 0 Å². The molecule has 1 aromatic rings. The third kappa shape index (κ3) is 3.73. The number of methoxy groups -OCH3 is 1. The molecule has 0 unspecified atom stereocenters. The molecule has 1 heterocycles. The Morgan fingerprint density at radius 1 is 1.56 bits per heavy atom. The smallest absolute Gasteiger partial charge is 0.338 e. The first kappa shape index (κ1) is 12.8. The van der Waals surface area contributed by atoms with Crippen molar-refractivity contribution in [1.29, 1.82) is 0 Å². The number of carbonyl (C=O) groups excluding carboxylic acids is 1. The van der Waals surface area contributed by atoms with E-state index in [9.17, 15) is 13.6 Å². The van der Waals surface area contributed by atoms with Crippen LogP contribution in [0.1, 0.15) is 23.0 Å². The molecule has 16 heavy (non-hydrogen) atoms. The van der Waals surface area contributed by atoms with Gasteiger partial charge in [-0.15, -0.1) is 0 Å². The Balaban J connectivity index is 3.03. The van der Waals surface area contributed by atoms with Crippen LogP contribution in [0.3, 0.4) is 0 Å². The highest BCUT2D eigenvalue weighted by Crippen LogP contribution is 2.20. The topological polar surface area (TPSA) is 39.2 Å². The molecule has 0 amide bonds. The largest absolute Gasteiger partial charge is 0.465 e. The minimum absolute atomic E-state index is 0.0119. The minimum atomic E-state index is -2.90. The predicted octanol–water partition coefficient (Wildman–Crippen LogP) is 2.72. The van der Waals surface area contributed by atoms with Crippen LogP contribution in [0.15, 0.2) is 12.1 Å². The lowest BCUT2D eigenvalue weighted by Crippen LogP contribution is -2.15. The number of pyridine rings is 1. The fourth-order valence-electron chi connectivity index (χ4n) is 1.20. The maximum Gasteiger partial charge on any atom is 0.338 e. The van der Waals surface area contributed by atoms with Crippen LogP contribution in [0, 0.1) is 0 Å². The van der Waals surface area contributed by atoms with Gasteiger partial charge in [-0.1, -0.05) is 11.6 Å². The van der Waals surface area contributed by atoms with Crippen LogP contribution in [-0.2, 0) is 11.2 Å². The van der Waals surface area contributed by atoms with Crippen LogP contribution >= 0.6 is 11.6 Å². The van der Waals surface area contributed by atoms with Crippen LogP contribution < -0.4 is 0 Å². The molecule has 1 aromatic heterocycles. The van der Waals surface area contributed by atoms with E-state index < -0.39 is 18.3 Å². The molecule has 0 spiro atoms. The van der Waals surface area contributed by atoms with E-state index in [2.05, 4.69) is 9.72 Å². The third-order valence-electron chi connectivity index (χ3n) is 1.76. The average molecular weight is 250 g/mol. The number of aromatic nitrogens is 1. The molecule has 0 aliphatic carbocycles. The van der Waals surface area contributed by atoms with Gasteiger partial charge >= 0.3 is 5.97 Å². The summed E-state index contributed by atoms with van der Waals surface area (Å²) in [5.74, 6) is -3.53. The molecule has 0 atom stereocenters. The summed E-state index contributed by atoms with van der Waals surface area (Å²) < 4.78 is 30.0. The summed E-state index contributed by atoms with van der Waals surface area (Å²) in [6.07, 6.45) is -0.572. The number of nitrogens with zero attached hydrogens (tertiary/aromatic N) is 1. The summed E-state index contributed by atoms with van der Waals surface area (Å²) >= 11 is 5.62. The van der Waals surface area contributed by atoms with Gasteiger partial charge in [0, 0.05) is 5.69 Å². The zero-order valence-corrected chi connectivity index (χ0v) is 9.52. The summed E-state index contributed by atoms with van der Waals surface area (Å²) in [5, 5.41) is -0.0119. The average Bonchev–Trinajstić information content (AvgIpc) is 2.12. The molecule has 0 bridgehead atoms. The highest BCUT2D eigenvalue weighted by atomic mass is 35.5. The van der Waals surface area contributed by atoms with Crippen LogP contribution in [0.4, 0.5) is 8.78 Å². The van der Waals surface area contributed by atoms with Crippen molar-refractivity contribution in [3.8, 4) is 0 Å². The second-order valence-electron chi connectivity index (χ2n) is 3.41. The summed E-state index contributed by atoms with van der Waals surface area (Å²) in [5.41, 5.74) is 0.169. The lowest BCUT2D eigenvalue weighted by molar-refractivity contribution is 0.0215. The molecule has 0 fully saturated rings. The van der Waals surface area contributed by atoms with E-state index in [1.54, 1.807) is 0 Å². The van der Waals surface area contributed by atoms with Crippen molar-refractivity contribution >= 4 is 17.6 Å².